The molecule has 0 aromatic heterocycles. The summed E-state index contributed by atoms with van der Waals surface area (Å²) in [4.78, 5) is 35.9. The highest BCUT2D eigenvalue weighted by molar-refractivity contribution is 8.26. The summed E-state index contributed by atoms with van der Waals surface area (Å²) in [6.45, 7) is 0. The van der Waals surface area contributed by atoms with Crippen LogP contribution in [0.4, 0.5) is 5.69 Å². The van der Waals surface area contributed by atoms with E-state index in [1.807, 2.05) is 0 Å². The fraction of sp³-hybridized carbons (Fsp3) is 0.150. The number of nitro benzene ring substituents is 1. The van der Waals surface area contributed by atoms with Crippen LogP contribution in [0, 0.1) is 10.1 Å². The Hall–Kier alpha value is -3.64. The first-order chi connectivity index (χ1) is 15.3. The fourth-order valence-corrected chi connectivity index (χ4v) is 4.01. The Labute approximate surface area is 192 Å². The van der Waals surface area contributed by atoms with E-state index >= 15 is 0 Å². The monoisotopic (exact) mass is 475 g/mol. The predicted octanol–water partition coefficient (Wildman–Crippen LogP) is 3.17. The van der Waals surface area contributed by atoms with Crippen LogP contribution < -0.4 is 19.6 Å². The second-order valence-corrected chi connectivity index (χ2v) is 7.90. The molecule has 2 amide bonds. The van der Waals surface area contributed by atoms with E-state index in [0.29, 0.717) is 22.8 Å². The number of thioether (sulfide) groups is 1. The number of hydrogen-bond donors (Lipinski definition) is 1. The van der Waals surface area contributed by atoms with Crippen LogP contribution in [-0.4, -0.2) is 47.4 Å². The molecule has 166 valence electrons. The largest absolute Gasteiger partial charge is 0.493 e. The third kappa shape index (κ3) is 4.65. The SMILES string of the molecule is COc1cc(/C=C2\SC(=S)N(NC(=O)c3cccc([N+](=O)[O-])c3)C2=O)cc(OC)c1OC. The third-order valence-corrected chi connectivity index (χ3v) is 5.61. The molecular weight excluding hydrogens is 458 g/mol. The molecule has 1 aliphatic heterocycles. The van der Waals surface area contributed by atoms with Crippen LogP contribution in [0.3, 0.4) is 0 Å². The van der Waals surface area contributed by atoms with Gasteiger partial charge >= 0.3 is 0 Å². The fourth-order valence-electron chi connectivity index (χ4n) is 2.83. The van der Waals surface area contributed by atoms with Crippen LogP contribution in [0.25, 0.3) is 6.08 Å². The van der Waals surface area contributed by atoms with Gasteiger partial charge in [-0.1, -0.05) is 17.8 Å². The van der Waals surface area contributed by atoms with E-state index in [0.717, 1.165) is 22.8 Å². The minimum atomic E-state index is -0.709. The van der Waals surface area contributed by atoms with Gasteiger partial charge in [0.25, 0.3) is 17.5 Å². The lowest BCUT2D eigenvalue weighted by Gasteiger charge is -2.15. The zero-order chi connectivity index (χ0) is 23.4. The molecule has 0 radical (unpaired) electrons. The van der Waals surface area contributed by atoms with Crippen molar-refractivity contribution in [3.8, 4) is 17.2 Å². The summed E-state index contributed by atoms with van der Waals surface area (Å²) >= 11 is 6.21. The molecule has 0 unspecified atom stereocenters. The molecule has 2 aromatic rings. The normalized spacial score (nSPS) is 14.5. The zero-order valence-corrected chi connectivity index (χ0v) is 18.7. The predicted molar refractivity (Wildman–Crippen MR) is 122 cm³/mol. The highest BCUT2D eigenvalue weighted by Gasteiger charge is 2.34. The first-order valence-corrected chi connectivity index (χ1v) is 10.1. The van der Waals surface area contributed by atoms with Crippen molar-refractivity contribution in [1.29, 1.82) is 0 Å². The topological polar surface area (TPSA) is 120 Å². The number of nitrogens with one attached hydrogen (secondary N) is 1. The van der Waals surface area contributed by atoms with Gasteiger partial charge in [0.2, 0.25) is 5.75 Å². The number of nitrogens with zero attached hydrogens (tertiary/aromatic N) is 2. The summed E-state index contributed by atoms with van der Waals surface area (Å²) in [5.74, 6) is -0.0319. The van der Waals surface area contributed by atoms with Crippen LogP contribution in [-0.2, 0) is 4.79 Å². The highest BCUT2D eigenvalue weighted by atomic mass is 32.2. The van der Waals surface area contributed by atoms with Gasteiger partial charge in [0.15, 0.2) is 15.8 Å². The van der Waals surface area contributed by atoms with Gasteiger partial charge in [-0.25, -0.2) is 0 Å². The number of methoxy groups -OCH3 is 3. The molecule has 1 aliphatic rings. The molecular formula is C20H17N3O7S2. The number of rotatable bonds is 7. The molecule has 0 atom stereocenters. The van der Waals surface area contributed by atoms with Crippen LogP contribution in [0.2, 0.25) is 0 Å². The van der Waals surface area contributed by atoms with E-state index in [-0.39, 0.29) is 20.5 Å². The molecule has 1 fully saturated rings. The number of benzene rings is 2. The van der Waals surface area contributed by atoms with Gasteiger partial charge in [0, 0.05) is 17.7 Å². The minimum absolute atomic E-state index is 0.0156. The van der Waals surface area contributed by atoms with Crippen LogP contribution >= 0.6 is 24.0 Å². The summed E-state index contributed by atoms with van der Waals surface area (Å²) in [7, 11) is 4.43. The number of non-ortho nitro benzene ring substituents is 1. The number of ether oxygens (including phenoxy) is 3. The van der Waals surface area contributed by atoms with Gasteiger partial charge in [-0.15, -0.1) is 0 Å². The van der Waals surface area contributed by atoms with Gasteiger partial charge < -0.3 is 14.2 Å². The summed E-state index contributed by atoms with van der Waals surface area (Å²) in [6.07, 6.45) is 1.57. The maximum absolute atomic E-state index is 12.8. The molecule has 1 saturated heterocycles. The van der Waals surface area contributed by atoms with E-state index in [4.69, 9.17) is 26.4 Å². The van der Waals surface area contributed by atoms with Gasteiger partial charge in [0.05, 0.1) is 31.2 Å². The van der Waals surface area contributed by atoms with Crippen molar-refractivity contribution < 1.29 is 28.7 Å². The van der Waals surface area contributed by atoms with E-state index < -0.39 is 16.7 Å². The summed E-state index contributed by atoms with van der Waals surface area (Å²) in [5.41, 5.74) is 2.75. The second kappa shape index (κ2) is 9.66. The first kappa shape index (κ1) is 23.0. The Morgan fingerprint density at radius 3 is 2.38 bits per heavy atom. The van der Waals surface area contributed by atoms with Gasteiger partial charge in [-0.2, -0.15) is 5.01 Å². The van der Waals surface area contributed by atoms with E-state index in [1.54, 1.807) is 18.2 Å². The van der Waals surface area contributed by atoms with Gasteiger partial charge in [0.1, 0.15) is 0 Å². The number of hydrazine groups is 1. The number of amides is 2. The lowest BCUT2D eigenvalue weighted by molar-refractivity contribution is -0.384. The van der Waals surface area contributed by atoms with Crippen molar-refractivity contribution in [2.45, 2.75) is 0 Å². The third-order valence-electron chi connectivity index (χ3n) is 4.31. The standard InChI is InChI=1S/C20H17N3O7S2/c1-28-14-7-11(8-15(29-2)17(14)30-3)9-16-19(25)22(20(31)32-16)21-18(24)12-5-4-6-13(10-12)23(26)27/h4-10H,1-3H3,(H,21,24)/b16-9-. The summed E-state index contributed by atoms with van der Waals surface area (Å²) in [5, 5.41) is 11.8. The average Bonchev–Trinajstić information content (AvgIpc) is 3.05. The lowest BCUT2D eigenvalue weighted by Crippen LogP contribution is -2.44. The van der Waals surface area contributed by atoms with Crippen LogP contribution in [0.5, 0.6) is 17.2 Å². The summed E-state index contributed by atoms with van der Waals surface area (Å²) < 4.78 is 16.0. The maximum atomic E-state index is 12.8. The minimum Gasteiger partial charge on any atom is -0.493 e. The van der Waals surface area contributed by atoms with Crippen molar-refractivity contribution in [1.82, 2.24) is 10.4 Å². The Kier molecular flexibility index (Phi) is 6.95. The van der Waals surface area contributed by atoms with Gasteiger partial charge in [-0.05, 0) is 42.1 Å². The van der Waals surface area contributed by atoms with Crippen molar-refractivity contribution in [3.63, 3.8) is 0 Å². The molecule has 12 heteroatoms. The summed E-state index contributed by atoms with van der Waals surface area (Å²) in [6, 6.07) is 8.47. The highest BCUT2D eigenvalue weighted by Crippen LogP contribution is 2.40. The van der Waals surface area contributed by atoms with Crippen LogP contribution in [0.1, 0.15) is 15.9 Å². The number of hydrogen-bond acceptors (Lipinski definition) is 9. The average molecular weight is 476 g/mol. The van der Waals surface area contributed by atoms with E-state index in [1.165, 1.54) is 39.5 Å². The second-order valence-electron chi connectivity index (χ2n) is 6.22. The Morgan fingerprint density at radius 1 is 1.16 bits per heavy atom. The quantitative estimate of drug-likeness (QED) is 0.279. The molecule has 0 aliphatic carbocycles. The van der Waals surface area contributed by atoms with E-state index in [9.17, 15) is 19.7 Å². The molecule has 2 aromatic carbocycles. The molecule has 1 N–H and O–H groups in total. The maximum Gasteiger partial charge on any atom is 0.285 e. The van der Waals surface area contributed by atoms with Crippen molar-refractivity contribution >= 4 is 51.9 Å². The van der Waals surface area contributed by atoms with Crippen LogP contribution in [0.15, 0.2) is 41.3 Å². The van der Waals surface area contributed by atoms with E-state index in [2.05, 4.69) is 5.43 Å². The number of carbonyl (C=O) groups is 2. The van der Waals surface area contributed by atoms with Crippen molar-refractivity contribution in [2.24, 2.45) is 0 Å². The first-order valence-electron chi connectivity index (χ1n) is 8.92. The number of thiocarbonyl (C=S) groups is 1. The van der Waals surface area contributed by atoms with Crippen molar-refractivity contribution in [3.05, 3.63) is 62.5 Å². The molecule has 0 saturated carbocycles. The number of carbonyl (C=O) groups excluding carboxylic acids is 2. The molecule has 1 heterocycles. The molecule has 0 spiro atoms. The Morgan fingerprint density at radius 2 is 1.81 bits per heavy atom. The molecule has 10 nitrogen and oxygen atoms in total. The molecule has 0 bridgehead atoms. The van der Waals surface area contributed by atoms with Gasteiger partial charge in [-0.3, -0.25) is 25.1 Å². The van der Waals surface area contributed by atoms with Crippen molar-refractivity contribution in [2.75, 3.05) is 21.3 Å². The lowest BCUT2D eigenvalue weighted by atomic mass is 10.1. The Balaban J connectivity index is 1.85. The Bertz CT molecular complexity index is 1120. The number of nitro groups is 1. The smallest absolute Gasteiger partial charge is 0.285 e. The molecule has 32 heavy (non-hydrogen) atoms. The molecule has 3 rings (SSSR count). The zero-order valence-electron chi connectivity index (χ0n) is 17.1.